The summed E-state index contributed by atoms with van der Waals surface area (Å²) in [6, 6.07) is 14.3. The summed E-state index contributed by atoms with van der Waals surface area (Å²) in [5.74, 6) is -2.00. The van der Waals surface area contributed by atoms with Crippen molar-refractivity contribution in [3.8, 4) is 11.5 Å². The highest BCUT2D eigenvalue weighted by molar-refractivity contribution is 5.81. The van der Waals surface area contributed by atoms with Gasteiger partial charge >= 0.3 is 11.9 Å². The zero-order chi connectivity index (χ0) is 21.6. The van der Waals surface area contributed by atoms with Gasteiger partial charge < -0.3 is 14.9 Å². The van der Waals surface area contributed by atoms with E-state index in [1.54, 1.807) is 18.2 Å². The Labute approximate surface area is 172 Å². The molecule has 0 aliphatic heterocycles. The van der Waals surface area contributed by atoms with E-state index in [0.29, 0.717) is 35.5 Å². The first-order chi connectivity index (χ1) is 13.7. The first-order valence-electron chi connectivity index (χ1n) is 10.0. The standard InChI is InChI=1S/C24H30O5/c1-15(2)12-21(23(25)26)19-11-10-18(29-17-8-6-5-7-9-17)14-20(19)22(24(27)28)13-16(3)4/h5-11,14-16,21-22H,12-13H2,1-4H3,(H,25,26)(H,27,28). The van der Waals surface area contributed by atoms with Crippen LogP contribution >= 0.6 is 0 Å². The molecule has 0 aliphatic carbocycles. The highest BCUT2D eigenvalue weighted by Crippen LogP contribution is 2.37. The van der Waals surface area contributed by atoms with Crippen LogP contribution in [0.3, 0.4) is 0 Å². The molecule has 2 N–H and O–H groups in total. The largest absolute Gasteiger partial charge is 0.481 e. The number of para-hydroxylation sites is 1. The fraction of sp³-hybridized carbons (Fsp3) is 0.417. The minimum absolute atomic E-state index is 0.149. The lowest BCUT2D eigenvalue weighted by Gasteiger charge is -2.24. The Morgan fingerprint density at radius 1 is 0.759 bits per heavy atom. The highest BCUT2D eigenvalue weighted by atomic mass is 16.5. The van der Waals surface area contributed by atoms with Crippen LogP contribution in [0.25, 0.3) is 0 Å². The molecule has 2 rings (SSSR count). The van der Waals surface area contributed by atoms with Crippen LogP contribution < -0.4 is 4.74 Å². The quantitative estimate of drug-likeness (QED) is 0.520. The molecular weight excluding hydrogens is 368 g/mol. The molecule has 5 heteroatoms. The number of rotatable bonds is 10. The first kappa shape index (κ1) is 22.5. The van der Waals surface area contributed by atoms with Gasteiger partial charge in [-0.1, -0.05) is 52.0 Å². The minimum Gasteiger partial charge on any atom is -0.481 e. The van der Waals surface area contributed by atoms with E-state index in [9.17, 15) is 19.8 Å². The normalized spacial score (nSPS) is 13.3. The molecule has 0 saturated carbocycles. The topological polar surface area (TPSA) is 83.8 Å². The van der Waals surface area contributed by atoms with Crippen LogP contribution in [0.2, 0.25) is 0 Å². The molecule has 2 aromatic carbocycles. The van der Waals surface area contributed by atoms with Crippen LogP contribution in [0, 0.1) is 11.8 Å². The van der Waals surface area contributed by atoms with Gasteiger partial charge in [-0.3, -0.25) is 9.59 Å². The number of carboxylic acids is 2. The van der Waals surface area contributed by atoms with E-state index >= 15 is 0 Å². The number of carboxylic acid groups (broad SMARTS) is 2. The Morgan fingerprint density at radius 3 is 1.76 bits per heavy atom. The summed E-state index contributed by atoms with van der Waals surface area (Å²) in [4.78, 5) is 24.1. The van der Waals surface area contributed by atoms with Gasteiger partial charge in [-0.25, -0.2) is 0 Å². The summed E-state index contributed by atoms with van der Waals surface area (Å²) in [6.07, 6.45) is 0.861. The van der Waals surface area contributed by atoms with Crippen molar-refractivity contribution in [3.05, 3.63) is 59.7 Å². The van der Waals surface area contributed by atoms with E-state index in [0.717, 1.165) is 0 Å². The number of hydrogen-bond acceptors (Lipinski definition) is 3. The van der Waals surface area contributed by atoms with Crippen molar-refractivity contribution in [2.24, 2.45) is 11.8 Å². The SMILES string of the molecule is CC(C)CC(C(=O)O)c1ccc(Oc2ccccc2)cc1C(CC(C)C)C(=O)O. The predicted molar refractivity (Wildman–Crippen MR) is 113 cm³/mol. The summed E-state index contributed by atoms with van der Waals surface area (Å²) in [5.41, 5.74) is 1.08. The first-order valence-corrected chi connectivity index (χ1v) is 10.0. The lowest BCUT2D eigenvalue weighted by Crippen LogP contribution is -2.21. The third-order valence-corrected chi connectivity index (χ3v) is 4.80. The van der Waals surface area contributed by atoms with Gasteiger partial charge in [0.25, 0.3) is 0 Å². The van der Waals surface area contributed by atoms with Gasteiger partial charge in [0.1, 0.15) is 11.5 Å². The Morgan fingerprint density at radius 2 is 1.28 bits per heavy atom. The van der Waals surface area contributed by atoms with Crippen molar-refractivity contribution >= 4 is 11.9 Å². The molecule has 156 valence electrons. The zero-order valence-electron chi connectivity index (χ0n) is 17.5. The molecule has 0 bridgehead atoms. The van der Waals surface area contributed by atoms with Crippen LogP contribution in [0.1, 0.15) is 63.5 Å². The molecule has 2 aromatic rings. The summed E-state index contributed by atoms with van der Waals surface area (Å²) in [5, 5.41) is 19.7. The number of ether oxygens (including phenoxy) is 1. The Bertz CT molecular complexity index is 826. The maximum absolute atomic E-state index is 12.1. The van der Waals surface area contributed by atoms with Crippen LogP contribution in [0.4, 0.5) is 0 Å². The Kier molecular flexibility index (Phi) is 7.82. The molecular formula is C24H30O5. The van der Waals surface area contributed by atoms with Crippen molar-refractivity contribution < 1.29 is 24.5 Å². The molecule has 0 aromatic heterocycles. The monoisotopic (exact) mass is 398 g/mol. The molecule has 0 amide bonds. The van der Waals surface area contributed by atoms with Crippen LogP contribution in [0.5, 0.6) is 11.5 Å². The smallest absolute Gasteiger partial charge is 0.310 e. The number of carbonyl (C=O) groups is 2. The van der Waals surface area contributed by atoms with Gasteiger partial charge in [0.15, 0.2) is 0 Å². The average molecular weight is 398 g/mol. The summed E-state index contributed by atoms with van der Waals surface area (Å²) in [7, 11) is 0. The summed E-state index contributed by atoms with van der Waals surface area (Å²) in [6.45, 7) is 7.85. The van der Waals surface area contributed by atoms with Crippen molar-refractivity contribution in [2.45, 2.75) is 52.4 Å². The van der Waals surface area contributed by atoms with Crippen molar-refractivity contribution in [1.82, 2.24) is 0 Å². The van der Waals surface area contributed by atoms with E-state index < -0.39 is 23.8 Å². The second kappa shape index (κ2) is 10.1. The van der Waals surface area contributed by atoms with Crippen molar-refractivity contribution in [1.29, 1.82) is 0 Å². The third-order valence-electron chi connectivity index (χ3n) is 4.80. The van der Waals surface area contributed by atoms with Crippen molar-refractivity contribution in [2.75, 3.05) is 0 Å². The van der Waals surface area contributed by atoms with E-state index in [1.807, 2.05) is 58.0 Å². The third kappa shape index (κ3) is 6.34. The van der Waals surface area contributed by atoms with Crippen LogP contribution in [-0.2, 0) is 9.59 Å². The molecule has 2 unspecified atom stereocenters. The van der Waals surface area contributed by atoms with Gasteiger partial charge in [0, 0.05) is 0 Å². The van der Waals surface area contributed by atoms with E-state index in [2.05, 4.69) is 0 Å². The fourth-order valence-corrected chi connectivity index (χ4v) is 3.52. The maximum Gasteiger partial charge on any atom is 0.310 e. The molecule has 0 radical (unpaired) electrons. The molecule has 0 fully saturated rings. The highest BCUT2D eigenvalue weighted by Gasteiger charge is 2.30. The van der Waals surface area contributed by atoms with Crippen LogP contribution in [0.15, 0.2) is 48.5 Å². The lowest BCUT2D eigenvalue weighted by atomic mass is 9.81. The molecule has 0 heterocycles. The number of aliphatic carboxylic acids is 2. The Balaban J connectivity index is 2.56. The molecule has 0 spiro atoms. The zero-order valence-corrected chi connectivity index (χ0v) is 17.5. The fourth-order valence-electron chi connectivity index (χ4n) is 3.52. The van der Waals surface area contributed by atoms with Crippen LogP contribution in [-0.4, -0.2) is 22.2 Å². The molecule has 0 saturated heterocycles. The summed E-state index contributed by atoms with van der Waals surface area (Å²) < 4.78 is 5.89. The van der Waals surface area contributed by atoms with Gasteiger partial charge in [0.2, 0.25) is 0 Å². The predicted octanol–water partition coefficient (Wildman–Crippen LogP) is 5.91. The maximum atomic E-state index is 12.1. The Hall–Kier alpha value is -2.82. The summed E-state index contributed by atoms with van der Waals surface area (Å²) >= 11 is 0. The average Bonchev–Trinajstić information content (AvgIpc) is 2.64. The van der Waals surface area contributed by atoms with Gasteiger partial charge in [-0.2, -0.15) is 0 Å². The molecule has 2 atom stereocenters. The van der Waals surface area contributed by atoms with Gasteiger partial charge in [-0.15, -0.1) is 0 Å². The second-order valence-electron chi connectivity index (χ2n) is 8.25. The lowest BCUT2D eigenvalue weighted by molar-refractivity contribution is -0.140. The van der Waals surface area contributed by atoms with E-state index in [-0.39, 0.29) is 11.8 Å². The molecule has 0 aliphatic rings. The van der Waals surface area contributed by atoms with E-state index in [4.69, 9.17) is 4.74 Å². The molecule has 5 nitrogen and oxygen atoms in total. The minimum atomic E-state index is -0.953. The van der Waals surface area contributed by atoms with Gasteiger partial charge in [-0.05, 0) is 60.1 Å². The molecule has 29 heavy (non-hydrogen) atoms. The van der Waals surface area contributed by atoms with Gasteiger partial charge in [0.05, 0.1) is 11.8 Å². The number of hydrogen-bond donors (Lipinski definition) is 2. The van der Waals surface area contributed by atoms with Crippen molar-refractivity contribution in [3.63, 3.8) is 0 Å². The second-order valence-corrected chi connectivity index (χ2v) is 8.25. The number of benzene rings is 2. The van der Waals surface area contributed by atoms with E-state index in [1.165, 1.54) is 0 Å².